The number of benzene rings is 1. The van der Waals surface area contributed by atoms with E-state index in [1.54, 1.807) is 19.6 Å². The van der Waals surface area contributed by atoms with Gasteiger partial charge in [0.05, 0.1) is 17.0 Å². The number of nitrogens with two attached hydrogens (primary N) is 2. The van der Waals surface area contributed by atoms with Crippen molar-refractivity contribution in [3.8, 4) is 5.75 Å². The second-order valence-electron chi connectivity index (χ2n) is 9.09. The lowest BCUT2D eigenvalue weighted by Gasteiger charge is -2.42. The van der Waals surface area contributed by atoms with Gasteiger partial charge in [0.1, 0.15) is 17.9 Å². The Morgan fingerprint density at radius 3 is 2.80 bits per heavy atom. The number of pyridine rings is 1. The summed E-state index contributed by atoms with van der Waals surface area (Å²) in [4.78, 5) is 12.8. The Kier molecular flexibility index (Phi) is 5.46. The van der Waals surface area contributed by atoms with Gasteiger partial charge in [0, 0.05) is 36.4 Å². The topological polar surface area (TPSA) is 120 Å². The van der Waals surface area contributed by atoms with Crippen LogP contribution in [0.1, 0.15) is 30.0 Å². The number of hydrogen-bond acceptors (Lipinski definition) is 9. The molecule has 180 valence electrons. The summed E-state index contributed by atoms with van der Waals surface area (Å²) >= 11 is 7.79. The molecule has 2 aliphatic rings. The van der Waals surface area contributed by atoms with Crippen LogP contribution in [0.15, 0.2) is 52.8 Å². The van der Waals surface area contributed by atoms with Gasteiger partial charge in [-0.25, -0.2) is 14.4 Å². The highest BCUT2D eigenvalue weighted by molar-refractivity contribution is 7.99. The predicted octanol–water partition coefficient (Wildman–Crippen LogP) is 3.76. The molecule has 1 spiro atoms. The summed E-state index contributed by atoms with van der Waals surface area (Å²) in [5, 5.41) is 8.93. The second kappa shape index (κ2) is 8.54. The first-order chi connectivity index (χ1) is 17.0. The molecule has 1 saturated heterocycles. The maximum absolute atomic E-state index is 6.81. The number of nitrogen functional groups attached to an aromatic ring is 1. The van der Waals surface area contributed by atoms with E-state index < -0.39 is 0 Å². The van der Waals surface area contributed by atoms with Crippen molar-refractivity contribution in [3.05, 3.63) is 59.1 Å². The predicted molar refractivity (Wildman–Crippen MR) is 136 cm³/mol. The van der Waals surface area contributed by atoms with Gasteiger partial charge in [-0.3, -0.25) is 0 Å². The largest absolute Gasteiger partial charge is 0.496 e. The van der Waals surface area contributed by atoms with Gasteiger partial charge < -0.3 is 21.1 Å². The van der Waals surface area contributed by atoms with E-state index in [1.807, 2.05) is 28.8 Å². The number of ether oxygens (including phenoxy) is 1. The Morgan fingerprint density at radius 1 is 1.17 bits per heavy atom. The number of fused-ring (bicyclic) bond motifs is 2. The molecule has 1 atom stereocenters. The van der Waals surface area contributed by atoms with E-state index in [0.717, 1.165) is 59.5 Å². The minimum Gasteiger partial charge on any atom is -0.496 e. The van der Waals surface area contributed by atoms with Crippen molar-refractivity contribution in [1.82, 2.24) is 24.6 Å². The Hall–Kier alpha value is -3.08. The van der Waals surface area contributed by atoms with Crippen molar-refractivity contribution in [2.45, 2.75) is 35.1 Å². The minimum atomic E-state index is 0.00830. The smallest absolute Gasteiger partial charge is 0.212 e. The Bertz CT molecular complexity index is 1420. The van der Waals surface area contributed by atoms with Crippen LogP contribution in [0, 0.1) is 5.41 Å². The molecular formula is C24H25ClN8OS. The molecule has 9 nitrogen and oxygen atoms in total. The molecule has 1 unspecified atom stereocenters. The zero-order valence-corrected chi connectivity index (χ0v) is 20.8. The standard InChI is InChI=1S/C24H25ClN8OS/c1-34-16-4-2-3-14-15(16)11-24(20(14)26)6-9-32(10-7-24)23-29-12-18(22-31-30-13-33(22)23)35-17-5-8-28-21(27)19(17)25/h2-5,8,12-13,20H,6-7,9-11,26H2,1H3,(H2,27,28). The molecule has 35 heavy (non-hydrogen) atoms. The second-order valence-corrected chi connectivity index (χ2v) is 10.6. The number of methoxy groups -OCH3 is 1. The van der Waals surface area contributed by atoms with E-state index in [2.05, 4.69) is 26.1 Å². The fourth-order valence-electron chi connectivity index (χ4n) is 5.42. The highest BCUT2D eigenvalue weighted by Gasteiger charge is 2.47. The summed E-state index contributed by atoms with van der Waals surface area (Å²) in [5.41, 5.74) is 15.9. The summed E-state index contributed by atoms with van der Waals surface area (Å²) in [6, 6.07) is 8.04. The fourth-order valence-corrected chi connectivity index (χ4v) is 6.54. The number of aromatic nitrogens is 5. The summed E-state index contributed by atoms with van der Waals surface area (Å²) in [5.74, 6) is 2.06. The molecule has 1 aromatic carbocycles. The molecule has 11 heteroatoms. The summed E-state index contributed by atoms with van der Waals surface area (Å²) in [6.45, 7) is 1.70. The van der Waals surface area contributed by atoms with Crippen LogP contribution < -0.4 is 21.1 Å². The first-order valence-corrected chi connectivity index (χ1v) is 12.6. The third-order valence-corrected chi connectivity index (χ3v) is 8.91. The summed E-state index contributed by atoms with van der Waals surface area (Å²) in [6.07, 6.45) is 8.05. The third-order valence-electron chi connectivity index (χ3n) is 7.34. The molecule has 4 aromatic rings. The van der Waals surface area contributed by atoms with Gasteiger partial charge in [-0.1, -0.05) is 35.5 Å². The lowest BCUT2D eigenvalue weighted by Crippen LogP contribution is -2.45. The SMILES string of the molecule is COc1cccc2c1CC1(CCN(c3ncc(Sc4ccnc(N)c4Cl)c4nncn34)CC1)C2N. The number of halogens is 1. The number of nitrogens with zero attached hydrogens (tertiary/aromatic N) is 6. The summed E-state index contributed by atoms with van der Waals surface area (Å²) in [7, 11) is 1.73. The third kappa shape index (κ3) is 3.59. The highest BCUT2D eigenvalue weighted by Crippen LogP contribution is 2.53. The number of hydrogen-bond donors (Lipinski definition) is 2. The first kappa shape index (κ1) is 22.4. The van der Waals surface area contributed by atoms with Gasteiger partial charge in [0.25, 0.3) is 0 Å². The number of rotatable bonds is 4. The quantitative estimate of drug-likeness (QED) is 0.424. The lowest BCUT2D eigenvalue weighted by molar-refractivity contribution is 0.186. The molecule has 1 fully saturated rings. The summed E-state index contributed by atoms with van der Waals surface area (Å²) < 4.78 is 7.56. The Morgan fingerprint density at radius 2 is 2.00 bits per heavy atom. The van der Waals surface area contributed by atoms with Crippen LogP contribution in [0.5, 0.6) is 5.75 Å². The van der Waals surface area contributed by atoms with Crippen molar-refractivity contribution in [2.75, 3.05) is 30.8 Å². The van der Waals surface area contributed by atoms with Crippen LogP contribution in [-0.2, 0) is 6.42 Å². The van der Waals surface area contributed by atoms with Crippen LogP contribution in [0.3, 0.4) is 0 Å². The molecular weight excluding hydrogens is 484 g/mol. The average molecular weight is 509 g/mol. The number of anilines is 2. The van der Waals surface area contributed by atoms with E-state index in [4.69, 9.17) is 32.8 Å². The van der Waals surface area contributed by atoms with Crippen molar-refractivity contribution >= 4 is 40.8 Å². The molecule has 6 rings (SSSR count). The highest BCUT2D eigenvalue weighted by atomic mass is 35.5. The van der Waals surface area contributed by atoms with Gasteiger partial charge in [0.2, 0.25) is 5.95 Å². The molecule has 0 saturated carbocycles. The molecule has 1 aliphatic heterocycles. The van der Waals surface area contributed by atoms with Gasteiger partial charge in [-0.2, -0.15) is 0 Å². The van der Waals surface area contributed by atoms with E-state index in [-0.39, 0.29) is 11.5 Å². The zero-order chi connectivity index (χ0) is 24.2. The molecule has 4 N–H and O–H groups in total. The molecule has 0 radical (unpaired) electrons. The maximum atomic E-state index is 6.81. The van der Waals surface area contributed by atoms with E-state index in [0.29, 0.717) is 10.8 Å². The monoisotopic (exact) mass is 508 g/mol. The fraction of sp³-hybridized carbons (Fsp3) is 0.333. The maximum Gasteiger partial charge on any atom is 0.212 e. The van der Waals surface area contributed by atoms with Gasteiger partial charge >= 0.3 is 0 Å². The molecule has 4 heterocycles. The molecule has 0 amide bonds. The Balaban J connectivity index is 1.25. The van der Waals surface area contributed by atoms with Gasteiger partial charge in [-0.05, 0) is 47.9 Å². The average Bonchev–Trinajstić information content (AvgIpc) is 3.47. The van der Waals surface area contributed by atoms with Gasteiger partial charge in [0.15, 0.2) is 5.65 Å². The van der Waals surface area contributed by atoms with Crippen molar-refractivity contribution in [1.29, 1.82) is 0 Å². The zero-order valence-electron chi connectivity index (χ0n) is 19.2. The minimum absolute atomic E-state index is 0.00830. The van der Waals surface area contributed by atoms with Crippen LogP contribution >= 0.6 is 23.4 Å². The van der Waals surface area contributed by atoms with E-state index in [9.17, 15) is 0 Å². The van der Waals surface area contributed by atoms with Crippen LogP contribution in [0.4, 0.5) is 11.8 Å². The van der Waals surface area contributed by atoms with E-state index in [1.165, 1.54) is 22.9 Å². The van der Waals surface area contributed by atoms with Gasteiger partial charge in [-0.15, -0.1) is 10.2 Å². The van der Waals surface area contributed by atoms with Crippen molar-refractivity contribution in [2.24, 2.45) is 11.1 Å². The van der Waals surface area contributed by atoms with Crippen molar-refractivity contribution in [3.63, 3.8) is 0 Å². The Labute approximate surface area is 211 Å². The van der Waals surface area contributed by atoms with Crippen LogP contribution in [-0.4, -0.2) is 44.8 Å². The van der Waals surface area contributed by atoms with Crippen LogP contribution in [0.2, 0.25) is 5.02 Å². The van der Waals surface area contributed by atoms with Crippen LogP contribution in [0.25, 0.3) is 5.65 Å². The number of piperidine rings is 1. The van der Waals surface area contributed by atoms with Crippen molar-refractivity contribution < 1.29 is 4.74 Å². The lowest BCUT2D eigenvalue weighted by atomic mass is 9.73. The van der Waals surface area contributed by atoms with E-state index >= 15 is 0 Å². The normalized spacial score (nSPS) is 18.8. The molecule has 0 bridgehead atoms. The molecule has 3 aromatic heterocycles. The molecule has 1 aliphatic carbocycles. The first-order valence-electron chi connectivity index (χ1n) is 11.4.